The highest BCUT2D eigenvalue weighted by Gasteiger charge is 2.49. The van der Waals surface area contributed by atoms with Gasteiger partial charge in [-0.2, -0.15) is 0 Å². The number of hydrogen-bond acceptors (Lipinski definition) is 3. The van der Waals surface area contributed by atoms with Crippen molar-refractivity contribution in [2.45, 2.75) is 64.0 Å². The summed E-state index contributed by atoms with van der Waals surface area (Å²) in [5.41, 5.74) is 0.689. The summed E-state index contributed by atoms with van der Waals surface area (Å²) in [6.07, 6.45) is 7.18. The SMILES string of the molecule is CCCCC1=NC2(CCCC2)C(=O)N1Cc1ccc(OC)cc1. The summed E-state index contributed by atoms with van der Waals surface area (Å²) in [4.78, 5) is 19.9. The van der Waals surface area contributed by atoms with Gasteiger partial charge in [-0.05, 0) is 37.0 Å². The van der Waals surface area contributed by atoms with Crippen LogP contribution >= 0.6 is 0 Å². The first kappa shape index (κ1) is 16.0. The molecule has 4 nitrogen and oxygen atoms in total. The Labute approximate surface area is 138 Å². The molecular weight excluding hydrogens is 288 g/mol. The average molecular weight is 314 g/mol. The van der Waals surface area contributed by atoms with E-state index in [0.29, 0.717) is 6.54 Å². The maximum atomic E-state index is 13.0. The fourth-order valence-corrected chi connectivity index (χ4v) is 3.61. The van der Waals surface area contributed by atoms with Crippen molar-refractivity contribution in [3.8, 4) is 5.75 Å². The van der Waals surface area contributed by atoms with Crippen LogP contribution in [0.5, 0.6) is 5.75 Å². The largest absolute Gasteiger partial charge is 0.497 e. The summed E-state index contributed by atoms with van der Waals surface area (Å²) in [6.45, 7) is 2.80. The third kappa shape index (κ3) is 3.12. The van der Waals surface area contributed by atoms with E-state index in [-0.39, 0.29) is 5.91 Å². The minimum absolute atomic E-state index is 0.219. The molecule has 1 aliphatic heterocycles. The van der Waals surface area contributed by atoms with Gasteiger partial charge in [0.15, 0.2) is 0 Å². The lowest BCUT2D eigenvalue weighted by Gasteiger charge is -2.22. The van der Waals surface area contributed by atoms with Gasteiger partial charge in [0.25, 0.3) is 5.91 Å². The van der Waals surface area contributed by atoms with Crippen LogP contribution in [0.1, 0.15) is 57.4 Å². The molecule has 4 heteroatoms. The molecule has 0 radical (unpaired) electrons. The minimum Gasteiger partial charge on any atom is -0.497 e. The predicted molar refractivity (Wildman–Crippen MR) is 91.7 cm³/mol. The first-order valence-electron chi connectivity index (χ1n) is 8.72. The Morgan fingerprint density at radius 2 is 1.91 bits per heavy atom. The van der Waals surface area contributed by atoms with Crippen LogP contribution in [0, 0.1) is 0 Å². The molecule has 1 spiro atoms. The Hall–Kier alpha value is -1.84. The lowest BCUT2D eigenvalue weighted by molar-refractivity contribution is -0.131. The highest BCUT2D eigenvalue weighted by Crippen LogP contribution is 2.40. The number of hydrogen-bond donors (Lipinski definition) is 0. The van der Waals surface area contributed by atoms with Gasteiger partial charge < -0.3 is 4.74 Å². The molecule has 0 unspecified atom stereocenters. The third-order valence-corrected chi connectivity index (χ3v) is 4.98. The molecule has 0 saturated heterocycles. The summed E-state index contributed by atoms with van der Waals surface area (Å²) < 4.78 is 5.21. The molecular formula is C19H26N2O2. The predicted octanol–water partition coefficient (Wildman–Crippen LogP) is 3.94. The number of carbonyl (C=O) groups is 1. The third-order valence-electron chi connectivity index (χ3n) is 4.98. The van der Waals surface area contributed by atoms with E-state index in [1.807, 2.05) is 29.2 Å². The fraction of sp³-hybridized carbons (Fsp3) is 0.579. The summed E-state index contributed by atoms with van der Waals surface area (Å²) in [6, 6.07) is 7.96. The second-order valence-electron chi connectivity index (χ2n) is 6.61. The van der Waals surface area contributed by atoms with Crippen LogP contribution in [-0.2, 0) is 11.3 Å². The Kier molecular flexibility index (Phi) is 4.69. The lowest BCUT2D eigenvalue weighted by Crippen LogP contribution is -2.40. The van der Waals surface area contributed by atoms with Crippen LogP contribution in [0.25, 0.3) is 0 Å². The molecule has 1 heterocycles. The Morgan fingerprint density at radius 1 is 1.22 bits per heavy atom. The number of rotatable bonds is 6. The van der Waals surface area contributed by atoms with E-state index >= 15 is 0 Å². The number of nitrogens with zero attached hydrogens (tertiary/aromatic N) is 2. The monoisotopic (exact) mass is 314 g/mol. The van der Waals surface area contributed by atoms with E-state index in [4.69, 9.17) is 9.73 Å². The standard InChI is InChI=1S/C19H26N2O2/c1-3-4-7-17-20-19(12-5-6-13-19)18(22)21(17)14-15-8-10-16(23-2)11-9-15/h8-11H,3-7,12-14H2,1-2H3. The number of ether oxygens (including phenoxy) is 1. The van der Waals surface area contributed by atoms with Gasteiger partial charge in [-0.1, -0.05) is 38.3 Å². The smallest absolute Gasteiger partial charge is 0.256 e. The van der Waals surface area contributed by atoms with Crippen LogP contribution in [0.3, 0.4) is 0 Å². The van der Waals surface area contributed by atoms with Gasteiger partial charge in [-0.3, -0.25) is 14.7 Å². The van der Waals surface area contributed by atoms with E-state index in [1.165, 1.54) is 0 Å². The molecule has 3 rings (SSSR count). The summed E-state index contributed by atoms with van der Waals surface area (Å²) in [5, 5.41) is 0. The zero-order chi connectivity index (χ0) is 16.3. The molecule has 23 heavy (non-hydrogen) atoms. The van der Waals surface area contributed by atoms with Gasteiger partial charge in [0, 0.05) is 6.42 Å². The fourth-order valence-electron chi connectivity index (χ4n) is 3.61. The molecule has 1 aromatic carbocycles. The van der Waals surface area contributed by atoms with E-state index < -0.39 is 5.54 Å². The Morgan fingerprint density at radius 3 is 2.52 bits per heavy atom. The van der Waals surface area contributed by atoms with Gasteiger partial charge >= 0.3 is 0 Å². The number of carbonyl (C=O) groups excluding carboxylic acids is 1. The molecule has 2 aliphatic rings. The second-order valence-corrected chi connectivity index (χ2v) is 6.61. The molecule has 1 aromatic rings. The zero-order valence-corrected chi connectivity index (χ0v) is 14.2. The van der Waals surface area contributed by atoms with Crippen molar-refractivity contribution in [1.29, 1.82) is 0 Å². The molecule has 1 aliphatic carbocycles. The van der Waals surface area contributed by atoms with Crippen molar-refractivity contribution in [2.24, 2.45) is 4.99 Å². The highest BCUT2D eigenvalue weighted by atomic mass is 16.5. The van der Waals surface area contributed by atoms with E-state index in [9.17, 15) is 4.79 Å². The first-order chi connectivity index (χ1) is 11.2. The summed E-state index contributed by atoms with van der Waals surface area (Å²) in [7, 11) is 1.67. The summed E-state index contributed by atoms with van der Waals surface area (Å²) >= 11 is 0. The maximum absolute atomic E-state index is 13.0. The lowest BCUT2D eigenvalue weighted by atomic mass is 9.98. The van der Waals surface area contributed by atoms with E-state index in [2.05, 4.69) is 6.92 Å². The minimum atomic E-state index is -0.435. The van der Waals surface area contributed by atoms with Crippen LogP contribution in [-0.4, -0.2) is 29.3 Å². The van der Waals surface area contributed by atoms with Gasteiger partial charge in [0.1, 0.15) is 17.1 Å². The molecule has 1 saturated carbocycles. The van der Waals surface area contributed by atoms with Crippen molar-refractivity contribution in [2.75, 3.05) is 7.11 Å². The number of amides is 1. The molecule has 124 valence electrons. The zero-order valence-electron chi connectivity index (χ0n) is 14.2. The summed E-state index contributed by atoms with van der Waals surface area (Å²) in [5.74, 6) is 2.06. The second kappa shape index (κ2) is 6.73. The highest BCUT2D eigenvalue weighted by molar-refractivity contribution is 6.08. The Bertz CT molecular complexity index is 586. The van der Waals surface area contributed by atoms with Crippen molar-refractivity contribution in [3.63, 3.8) is 0 Å². The number of amidine groups is 1. The van der Waals surface area contributed by atoms with Crippen LogP contribution in [0.15, 0.2) is 29.3 Å². The van der Waals surface area contributed by atoms with Crippen LogP contribution in [0.2, 0.25) is 0 Å². The first-order valence-corrected chi connectivity index (χ1v) is 8.72. The van der Waals surface area contributed by atoms with Crippen LogP contribution in [0.4, 0.5) is 0 Å². The van der Waals surface area contributed by atoms with Crippen molar-refractivity contribution in [1.82, 2.24) is 4.90 Å². The van der Waals surface area contributed by atoms with Gasteiger partial charge in [-0.25, -0.2) is 0 Å². The molecule has 1 amide bonds. The van der Waals surface area contributed by atoms with Gasteiger partial charge in [-0.15, -0.1) is 0 Å². The molecule has 0 N–H and O–H groups in total. The molecule has 0 aromatic heterocycles. The van der Waals surface area contributed by atoms with Gasteiger partial charge in [0.05, 0.1) is 13.7 Å². The number of aliphatic imine (C=N–C) groups is 1. The van der Waals surface area contributed by atoms with Gasteiger partial charge in [0.2, 0.25) is 0 Å². The average Bonchev–Trinajstić information content (AvgIpc) is 3.15. The van der Waals surface area contributed by atoms with E-state index in [1.54, 1.807) is 7.11 Å². The Balaban J connectivity index is 1.80. The number of unbranched alkanes of at least 4 members (excludes halogenated alkanes) is 1. The molecule has 1 fully saturated rings. The van der Waals surface area contributed by atoms with Crippen molar-refractivity contribution in [3.05, 3.63) is 29.8 Å². The number of methoxy groups -OCH3 is 1. The van der Waals surface area contributed by atoms with Crippen LogP contribution < -0.4 is 4.74 Å². The maximum Gasteiger partial charge on any atom is 0.256 e. The quantitative estimate of drug-likeness (QED) is 0.798. The number of benzene rings is 1. The van der Waals surface area contributed by atoms with E-state index in [0.717, 1.165) is 62.1 Å². The van der Waals surface area contributed by atoms with Crippen molar-refractivity contribution < 1.29 is 9.53 Å². The van der Waals surface area contributed by atoms with Crippen molar-refractivity contribution >= 4 is 11.7 Å². The molecule has 0 bridgehead atoms. The normalized spacial score (nSPS) is 19.5. The topological polar surface area (TPSA) is 41.9 Å². The molecule has 0 atom stereocenters.